The van der Waals surface area contributed by atoms with Crippen molar-refractivity contribution in [3.63, 3.8) is 0 Å². The summed E-state index contributed by atoms with van der Waals surface area (Å²) in [4.78, 5) is 13.0. The highest BCUT2D eigenvalue weighted by Crippen LogP contribution is 2.51. The maximum Gasteiger partial charge on any atom is 0.303 e. The number of aliphatic carboxylic acids is 1. The maximum absolute atomic E-state index is 12.2. The van der Waals surface area contributed by atoms with Crippen LogP contribution in [0.4, 0.5) is 5.69 Å². The fourth-order valence-corrected chi connectivity index (χ4v) is 8.53. The van der Waals surface area contributed by atoms with Crippen LogP contribution in [0.15, 0.2) is 69.6 Å². The van der Waals surface area contributed by atoms with E-state index in [1.807, 2.05) is 35.8 Å². The van der Waals surface area contributed by atoms with Gasteiger partial charge < -0.3 is 19.2 Å². The van der Waals surface area contributed by atoms with Gasteiger partial charge in [-0.05, 0) is 85.2 Å². The lowest BCUT2D eigenvalue weighted by molar-refractivity contribution is -0.137. The van der Waals surface area contributed by atoms with Gasteiger partial charge in [0.25, 0.3) is 30.4 Å². The highest BCUT2D eigenvalue weighted by atomic mass is 32.2. The summed E-state index contributed by atoms with van der Waals surface area (Å²) in [5, 5.41) is 10.2. The third-order valence-electron chi connectivity index (χ3n) is 9.71. The van der Waals surface area contributed by atoms with E-state index < -0.39 is 53.2 Å². The van der Waals surface area contributed by atoms with E-state index in [0.717, 1.165) is 16.5 Å². The lowest BCUT2D eigenvalue weighted by Gasteiger charge is -2.30. The second-order valence-electron chi connectivity index (χ2n) is 15.0. The van der Waals surface area contributed by atoms with E-state index in [1.165, 1.54) is 18.2 Å². The minimum atomic E-state index is -4.61. The number of rotatable bonds is 18. The van der Waals surface area contributed by atoms with Crippen LogP contribution in [0, 0.1) is 0 Å². The zero-order chi connectivity index (χ0) is 41.7. The Labute approximate surface area is 328 Å². The molecule has 0 saturated heterocycles. The Morgan fingerprint density at radius 3 is 2.21 bits per heavy atom. The van der Waals surface area contributed by atoms with Gasteiger partial charge in [-0.3, -0.25) is 18.5 Å². The van der Waals surface area contributed by atoms with Crippen LogP contribution in [0.25, 0.3) is 17.4 Å². The Morgan fingerprint density at radius 1 is 0.929 bits per heavy atom. The van der Waals surface area contributed by atoms with Gasteiger partial charge in [0, 0.05) is 54.9 Å². The van der Waals surface area contributed by atoms with Gasteiger partial charge in [0.05, 0.1) is 22.5 Å². The van der Waals surface area contributed by atoms with Crippen LogP contribution in [-0.4, -0.2) is 94.8 Å². The maximum atomic E-state index is 12.2. The van der Waals surface area contributed by atoms with Crippen LogP contribution in [0.2, 0.25) is 0 Å². The fourth-order valence-electron chi connectivity index (χ4n) is 7.03. The standard InChI is InChI=1S/C38H50N2O13S3/c1-37(2,3)31-25-28(53-34-24-27(13-15-30(31)34)39(20-21-52-5)18-8-22-54(43,44)45)10-6-11-35-38(4,17-7-12-36(41)42)32-26-29(56(49,50)51)14-16-33(32)40(35)19-9-23-55(46,47)48/h6,10-11,13-16,24-26H,7-9,12,17-23H2,1-5H3,(H3-,41,42,43,44,45,46,47,48,49,50,51)/p+1. The summed E-state index contributed by atoms with van der Waals surface area (Å²) in [6, 6.07) is 11.7. The molecule has 3 aliphatic rings. The van der Waals surface area contributed by atoms with Gasteiger partial charge >= 0.3 is 5.97 Å². The van der Waals surface area contributed by atoms with E-state index in [2.05, 4.69) is 20.8 Å². The second-order valence-corrected chi connectivity index (χ2v) is 19.6. The average molecular weight is 840 g/mol. The lowest BCUT2D eigenvalue weighted by Crippen LogP contribution is -2.34. The van der Waals surface area contributed by atoms with Crippen LogP contribution in [0.5, 0.6) is 0 Å². The topological polar surface area (TPSA) is 229 Å². The highest BCUT2D eigenvalue weighted by molar-refractivity contribution is 7.86. The number of carboxylic acids is 1. The molecule has 2 heterocycles. The molecule has 0 spiro atoms. The molecule has 18 heteroatoms. The van der Waals surface area contributed by atoms with Gasteiger partial charge in [-0.15, -0.1) is 0 Å². The summed E-state index contributed by atoms with van der Waals surface area (Å²) >= 11 is 0. The number of anilines is 1. The number of nitrogens with zero attached hydrogens (tertiary/aromatic N) is 2. The number of fused-ring (bicyclic) bond motifs is 2. The molecule has 0 amide bonds. The summed E-state index contributed by atoms with van der Waals surface area (Å²) in [5.74, 6) is -0.907. The Morgan fingerprint density at radius 2 is 1.61 bits per heavy atom. The van der Waals surface area contributed by atoms with Crippen molar-refractivity contribution in [1.82, 2.24) is 4.58 Å². The molecule has 4 N–H and O–H groups in total. The van der Waals surface area contributed by atoms with Gasteiger partial charge in [-0.25, -0.2) is 4.58 Å². The van der Waals surface area contributed by atoms with E-state index >= 15 is 0 Å². The number of carboxylic acid groups (broad SMARTS) is 1. The number of allylic oxidation sites excluding steroid dienone is 3. The lowest BCUT2D eigenvalue weighted by atomic mass is 9.77. The first-order valence-corrected chi connectivity index (χ1v) is 22.6. The molecular formula is C38H51N2O13S3+. The number of hydrogen-bond acceptors (Lipinski definition) is 10. The molecule has 0 fully saturated rings. The van der Waals surface area contributed by atoms with E-state index in [9.17, 15) is 48.8 Å². The van der Waals surface area contributed by atoms with E-state index in [0.29, 0.717) is 48.2 Å². The SMILES string of the molecule is COCC[N+](CCCS(=O)(=O)O)=c1ccc2c(C(C)(C)C)cc(C=CC=C3N(CCCS(=O)(=O)O)c4ccc(S(=O)(=O)O)cc4C3(C)CCCC(=O)O)oc-2c1. The fraction of sp³-hybridized carbons (Fsp3) is 0.474. The molecular weight excluding hydrogens is 789 g/mol. The summed E-state index contributed by atoms with van der Waals surface area (Å²) in [6.07, 6.45) is 5.76. The molecule has 0 bridgehead atoms. The molecule has 0 aromatic heterocycles. The number of methoxy groups -OCH3 is 1. The first kappa shape index (κ1) is 44.8. The molecule has 0 radical (unpaired) electrons. The molecule has 1 aliphatic carbocycles. The van der Waals surface area contributed by atoms with Gasteiger partial charge in [0.2, 0.25) is 5.36 Å². The first-order chi connectivity index (χ1) is 25.9. The summed E-state index contributed by atoms with van der Waals surface area (Å²) < 4.78 is 113. The van der Waals surface area contributed by atoms with Crippen LogP contribution >= 0.6 is 0 Å². The quantitative estimate of drug-likeness (QED) is 0.0994. The van der Waals surface area contributed by atoms with Crippen molar-refractivity contribution in [3.8, 4) is 11.3 Å². The van der Waals surface area contributed by atoms with Crippen molar-refractivity contribution in [2.24, 2.45) is 0 Å². The van der Waals surface area contributed by atoms with Crippen LogP contribution in [0.3, 0.4) is 0 Å². The monoisotopic (exact) mass is 839 g/mol. The first-order valence-electron chi connectivity index (χ1n) is 18.0. The third kappa shape index (κ3) is 11.8. The number of carbonyl (C=O) groups is 1. The molecule has 1 atom stereocenters. The van der Waals surface area contributed by atoms with Crippen LogP contribution in [0.1, 0.15) is 76.7 Å². The Bertz CT molecular complexity index is 2360. The third-order valence-corrected chi connectivity index (χ3v) is 12.2. The summed E-state index contributed by atoms with van der Waals surface area (Å²) in [6.45, 7) is 9.27. The number of hydrogen-bond donors (Lipinski definition) is 4. The van der Waals surface area contributed by atoms with Crippen molar-refractivity contribution in [3.05, 3.63) is 82.6 Å². The molecule has 2 aliphatic heterocycles. The predicted octanol–water partition coefficient (Wildman–Crippen LogP) is 4.83. The largest absolute Gasteiger partial charge is 0.481 e. The molecule has 56 heavy (non-hydrogen) atoms. The van der Waals surface area contributed by atoms with Crippen molar-refractivity contribution in [2.45, 2.75) is 75.5 Å². The van der Waals surface area contributed by atoms with Gasteiger partial charge in [-0.1, -0.05) is 26.8 Å². The van der Waals surface area contributed by atoms with E-state index in [1.54, 1.807) is 30.2 Å². The Balaban J connectivity index is 1.88. The molecule has 1 aromatic rings. The van der Waals surface area contributed by atoms with E-state index in [4.69, 9.17) is 9.15 Å². The summed E-state index contributed by atoms with van der Waals surface area (Å²) in [5.41, 5.74) is 2.17. The number of benzene rings is 2. The molecule has 15 nitrogen and oxygen atoms in total. The molecule has 308 valence electrons. The predicted molar refractivity (Wildman–Crippen MR) is 213 cm³/mol. The molecule has 1 unspecified atom stereocenters. The van der Waals surface area contributed by atoms with Crippen molar-refractivity contribution in [1.29, 1.82) is 0 Å². The van der Waals surface area contributed by atoms with Gasteiger partial charge in [0.15, 0.2) is 6.54 Å². The minimum absolute atomic E-state index is 0.0130. The highest BCUT2D eigenvalue weighted by Gasteiger charge is 2.43. The van der Waals surface area contributed by atoms with Crippen molar-refractivity contribution in [2.75, 3.05) is 49.8 Å². The molecule has 4 rings (SSSR count). The van der Waals surface area contributed by atoms with Crippen molar-refractivity contribution < 1.29 is 58.0 Å². The Hall–Kier alpha value is -3.91. The normalized spacial score (nSPS) is 17.9. The molecule has 0 saturated carbocycles. The van der Waals surface area contributed by atoms with E-state index in [-0.39, 0.29) is 49.0 Å². The van der Waals surface area contributed by atoms with Gasteiger partial charge in [0.1, 0.15) is 24.7 Å². The second kappa shape index (κ2) is 17.7. The van der Waals surface area contributed by atoms with Gasteiger partial charge in [-0.2, -0.15) is 25.3 Å². The zero-order valence-electron chi connectivity index (χ0n) is 32.1. The average Bonchev–Trinajstić information content (AvgIpc) is 3.29. The number of ether oxygens (including phenoxy) is 1. The molecule has 1 aromatic carbocycles. The Kier molecular flexibility index (Phi) is 14.2. The summed E-state index contributed by atoms with van der Waals surface area (Å²) in [7, 11) is -11.5. The smallest absolute Gasteiger partial charge is 0.303 e. The van der Waals surface area contributed by atoms with Crippen LogP contribution in [-0.2, 0) is 50.7 Å². The van der Waals surface area contributed by atoms with Crippen LogP contribution < -0.4 is 14.8 Å². The zero-order valence-corrected chi connectivity index (χ0v) is 34.6. The van der Waals surface area contributed by atoms with Crippen molar-refractivity contribution >= 4 is 48.1 Å². The minimum Gasteiger partial charge on any atom is -0.481 e.